The van der Waals surface area contributed by atoms with Gasteiger partial charge in [-0.2, -0.15) is 0 Å². The molecule has 4 heteroatoms. The number of likely N-dealkylation sites (tertiary alicyclic amines) is 1. The molecule has 0 bridgehead atoms. The Morgan fingerprint density at radius 2 is 2.26 bits per heavy atom. The predicted molar refractivity (Wildman–Crippen MR) is 85.8 cm³/mol. The van der Waals surface area contributed by atoms with E-state index in [1.165, 1.54) is 30.8 Å². The summed E-state index contributed by atoms with van der Waals surface area (Å²) in [6.45, 7) is 4.27. The van der Waals surface area contributed by atoms with Crippen LogP contribution in [0.2, 0.25) is 0 Å². The van der Waals surface area contributed by atoms with Gasteiger partial charge in [0.2, 0.25) is 0 Å². The van der Waals surface area contributed by atoms with Crippen molar-refractivity contribution in [3.05, 3.63) is 28.2 Å². The number of hydrogen-bond acceptors (Lipinski definition) is 3. The van der Waals surface area contributed by atoms with Crippen molar-refractivity contribution in [1.82, 2.24) is 4.90 Å². The summed E-state index contributed by atoms with van der Waals surface area (Å²) >= 11 is 3.55. The summed E-state index contributed by atoms with van der Waals surface area (Å²) in [5, 5.41) is 0. The van der Waals surface area contributed by atoms with Gasteiger partial charge in [-0.15, -0.1) is 0 Å². The van der Waals surface area contributed by atoms with Gasteiger partial charge in [-0.05, 0) is 62.7 Å². The van der Waals surface area contributed by atoms with Crippen LogP contribution in [0.15, 0.2) is 22.7 Å². The molecule has 3 nitrogen and oxygen atoms in total. The Labute approximate surface area is 124 Å². The molecule has 0 aromatic heterocycles. The third-order valence-corrected chi connectivity index (χ3v) is 4.38. The molecule has 1 aromatic rings. The van der Waals surface area contributed by atoms with Crippen molar-refractivity contribution in [2.75, 3.05) is 45.2 Å². The SMILES string of the molecule is CN1CCC(CN(C)c2ccc(Br)cc2CCN)C1. The average Bonchev–Trinajstić information content (AvgIpc) is 2.75. The van der Waals surface area contributed by atoms with Crippen molar-refractivity contribution in [1.29, 1.82) is 0 Å². The van der Waals surface area contributed by atoms with Gasteiger partial charge in [-0.1, -0.05) is 15.9 Å². The van der Waals surface area contributed by atoms with Gasteiger partial charge in [0.1, 0.15) is 0 Å². The lowest BCUT2D eigenvalue weighted by molar-refractivity contribution is 0.396. The molecule has 19 heavy (non-hydrogen) atoms. The summed E-state index contributed by atoms with van der Waals surface area (Å²) in [6.07, 6.45) is 2.24. The first-order valence-electron chi connectivity index (χ1n) is 6.98. The minimum absolute atomic E-state index is 0.698. The van der Waals surface area contributed by atoms with Crippen LogP contribution in [-0.4, -0.2) is 45.2 Å². The Morgan fingerprint density at radius 3 is 2.89 bits per heavy atom. The molecular weight excluding hydrogens is 302 g/mol. The van der Waals surface area contributed by atoms with Crippen LogP contribution in [-0.2, 0) is 6.42 Å². The Morgan fingerprint density at radius 1 is 1.47 bits per heavy atom. The number of anilines is 1. The molecular formula is C15H24BrN3. The molecule has 2 rings (SSSR count). The van der Waals surface area contributed by atoms with Crippen LogP contribution < -0.4 is 10.6 Å². The average molecular weight is 326 g/mol. The first kappa shape index (κ1) is 14.8. The standard InChI is InChI=1S/C15H24BrN3/c1-18-8-6-12(10-18)11-19(2)15-4-3-14(16)9-13(15)5-7-17/h3-4,9,12H,5-8,10-11,17H2,1-2H3. The van der Waals surface area contributed by atoms with E-state index in [1.54, 1.807) is 0 Å². The normalized spacial score (nSPS) is 19.9. The van der Waals surface area contributed by atoms with Crippen LogP contribution in [0, 0.1) is 5.92 Å². The monoisotopic (exact) mass is 325 g/mol. The molecule has 0 aliphatic carbocycles. The Kier molecular flexibility index (Phi) is 5.25. The van der Waals surface area contributed by atoms with E-state index in [4.69, 9.17) is 5.73 Å². The van der Waals surface area contributed by atoms with Gasteiger partial charge in [-0.3, -0.25) is 0 Å². The lowest BCUT2D eigenvalue weighted by Gasteiger charge is -2.25. The van der Waals surface area contributed by atoms with Gasteiger partial charge in [0.05, 0.1) is 0 Å². The molecule has 1 saturated heterocycles. The highest BCUT2D eigenvalue weighted by molar-refractivity contribution is 9.10. The predicted octanol–water partition coefficient (Wildman–Crippen LogP) is 2.34. The maximum atomic E-state index is 5.72. The van der Waals surface area contributed by atoms with Crippen LogP contribution in [0.3, 0.4) is 0 Å². The first-order chi connectivity index (χ1) is 9.10. The van der Waals surface area contributed by atoms with Crippen molar-refractivity contribution in [3.63, 3.8) is 0 Å². The fourth-order valence-electron chi connectivity index (χ4n) is 2.94. The summed E-state index contributed by atoms with van der Waals surface area (Å²) < 4.78 is 1.13. The molecule has 1 unspecified atom stereocenters. The molecule has 1 atom stereocenters. The third kappa shape index (κ3) is 3.94. The molecule has 0 spiro atoms. The number of nitrogens with zero attached hydrogens (tertiary/aromatic N) is 2. The molecule has 1 fully saturated rings. The van der Waals surface area contributed by atoms with Gasteiger partial charge in [0.25, 0.3) is 0 Å². The second-order valence-electron chi connectivity index (χ2n) is 5.61. The summed E-state index contributed by atoms with van der Waals surface area (Å²) in [4.78, 5) is 4.81. The van der Waals surface area contributed by atoms with Gasteiger partial charge < -0.3 is 15.5 Å². The molecule has 1 heterocycles. The van der Waals surface area contributed by atoms with Crippen LogP contribution >= 0.6 is 15.9 Å². The zero-order valence-electron chi connectivity index (χ0n) is 11.9. The summed E-state index contributed by atoms with van der Waals surface area (Å²) in [7, 11) is 4.40. The minimum Gasteiger partial charge on any atom is -0.374 e. The van der Waals surface area contributed by atoms with Crippen molar-refractivity contribution in [2.24, 2.45) is 11.7 Å². The van der Waals surface area contributed by atoms with E-state index < -0.39 is 0 Å². The highest BCUT2D eigenvalue weighted by atomic mass is 79.9. The zero-order valence-corrected chi connectivity index (χ0v) is 13.5. The van der Waals surface area contributed by atoms with E-state index in [9.17, 15) is 0 Å². The Bertz CT molecular complexity index is 422. The van der Waals surface area contributed by atoms with Crippen molar-refractivity contribution >= 4 is 21.6 Å². The lowest BCUT2D eigenvalue weighted by Crippen LogP contribution is -2.28. The highest BCUT2D eigenvalue weighted by Crippen LogP contribution is 2.26. The second kappa shape index (κ2) is 6.73. The summed E-state index contributed by atoms with van der Waals surface area (Å²) in [5.74, 6) is 0.782. The largest absolute Gasteiger partial charge is 0.374 e. The van der Waals surface area contributed by atoms with E-state index in [0.717, 1.165) is 23.4 Å². The smallest absolute Gasteiger partial charge is 0.0397 e. The Balaban J connectivity index is 2.07. The van der Waals surface area contributed by atoms with Crippen molar-refractivity contribution < 1.29 is 0 Å². The maximum absolute atomic E-state index is 5.72. The summed E-state index contributed by atoms with van der Waals surface area (Å²) in [5.41, 5.74) is 8.38. The fraction of sp³-hybridized carbons (Fsp3) is 0.600. The van der Waals surface area contributed by atoms with E-state index >= 15 is 0 Å². The molecule has 1 aliphatic heterocycles. The van der Waals surface area contributed by atoms with Crippen molar-refractivity contribution in [2.45, 2.75) is 12.8 Å². The quantitative estimate of drug-likeness (QED) is 0.901. The van der Waals surface area contributed by atoms with Crippen LogP contribution in [0.4, 0.5) is 5.69 Å². The summed E-state index contributed by atoms with van der Waals surface area (Å²) in [6, 6.07) is 6.51. The third-order valence-electron chi connectivity index (χ3n) is 3.89. The van der Waals surface area contributed by atoms with Crippen LogP contribution in [0.25, 0.3) is 0 Å². The number of rotatable bonds is 5. The van der Waals surface area contributed by atoms with Gasteiger partial charge in [-0.25, -0.2) is 0 Å². The molecule has 106 valence electrons. The molecule has 0 radical (unpaired) electrons. The number of hydrogen-bond donors (Lipinski definition) is 1. The van der Waals surface area contributed by atoms with Gasteiger partial charge in [0, 0.05) is 30.3 Å². The van der Waals surface area contributed by atoms with E-state index in [1.807, 2.05) is 0 Å². The van der Waals surface area contributed by atoms with E-state index in [-0.39, 0.29) is 0 Å². The number of benzene rings is 1. The molecule has 0 saturated carbocycles. The molecule has 0 amide bonds. The highest BCUT2D eigenvalue weighted by Gasteiger charge is 2.21. The number of halogens is 1. The minimum atomic E-state index is 0.698. The maximum Gasteiger partial charge on any atom is 0.0397 e. The van der Waals surface area contributed by atoms with E-state index in [0.29, 0.717) is 6.54 Å². The zero-order chi connectivity index (χ0) is 13.8. The topological polar surface area (TPSA) is 32.5 Å². The van der Waals surface area contributed by atoms with E-state index in [2.05, 4.69) is 58.0 Å². The number of nitrogens with two attached hydrogens (primary N) is 1. The second-order valence-corrected chi connectivity index (χ2v) is 6.52. The van der Waals surface area contributed by atoms with Crippen LogP contribution in [0.5, 0.6) is 0 Å². The molecule has 1 aliphatic rings. The van der Waals surface area contributed by atoms with Gasteiger partial charge >= 0.3 is 0 Å². The van der Waals surface area contributed by atoms with Gasteiger partial charge in [0.15, 0.2) is 0 Å². The molecule has 2 N–H and O–H groups in total. The van der Waals surface area contributed by atoms with Crippen LogP contribution in [0.1, 0.15) is 12.0 Å². The Hall–Kier alpha value is -0.580. The fourth-order valence-corrected chi connectivity index (χ4v) is 3.35. The lowest BCUT2D eigenvalue weighted by atomic mass is 10.1. The molecule has 1 aromatic carbocycles. The van der Waals surface area contributed by atoms with Crippen molar-refractivity contribution in [3.8, 4) is 0 Å². The first-order valence-corrected chi connectivity index (χ1v) is 7.77.